The van der Waals surface area contributed by atoms with Crippen molar-refractivity contribution in [2.24, 2.45) is 5.92 Å². The predicted octanol–water partition coefficient (Wildman–Crippen LogP) is 3.09. The average Bonchev–Trinajstić information content (AvgIpc) is 2.16. The van der Waals surface area contributed by atoms with E-state index < -0.39 is 0 Å². The van der Waals surface area contributed by atoms with E-state index in [9.17, 15) is 4.79 Å². The van der Waals surface area contributed by atoms with Crippen molar-refractivity contribution in [2.45, 2.75) is 18.7 Å². The molecule has 1 atom stereocenters. The Bertz CT molecular complexity index is 357. The fourth-order valence-corrected chi connectivity index (χ4v) is 1.25. The molecule has 0 aromatic carbocycles. The van der Waals surface area contributed by atoms with Gasteiger partial charge in [0.1, 0.15) is 11.0 Å². The van der Waals surface area contributed by atoms with Gasteiger partial charge in [-0.3, -0.25) is 4.79 Å². The Hall–Kier alpha value is -0.610. The Morgan fingerprint density at radius 1 is 1.53 bits per heavy atom. The molecular formula is C10H12BrClN2O. The Balaban J connectivity index is 2.66. The molecule has 0 saturated heterocycles. The van der Waals surface area contributed by atoms with Gasteiger partial charge >= 0.3 is 0 Å². The van der Waals surface area contributed by atoms with Crippen LogP contribution in [0.1, 0.15) is 13.8 Å². The molecule has 1 N–H and O–H groups in total. The Kier molecular flexibility index (Phi) is 4.54. The van der Waals surface area contributed by atoms with Gasteiger partial charge in [-0.25, -0.2) is 4.98 Å². The van der Waals surface area contributed by atoms with Crippen LogP contribution in [0, 0.1) is 5.92 Å². The maximum absolute atomic E-state index is 11.6. The minimum absolute atomic E-state index is 0.111. The van der Waals surface area contributed by atoms with Crippen LogP contribution >= 0.6 is 27.5 Å². The van der Waals surface area contributed by atoms with E-state index in [1.54, 1.807) is 18.2 Å². The van der Waals surface area contributed by atoms with Gasteiger partial charge in [-0.05, 0) is 18.1 Å². The Morgan fingerprint density at radius 3 is 2.73 bits per heavy atom. The van der Waals surface area contributed by atoms with Crippen LogP contribution < -0.4 is 5.32 Å². The summed E-state index contributed by atoms with van der Waals surface area (Å²) in [6, 6.07) is 5.10. The SMILES string of the molecule is CC(C)C(Br)C(=O)Nc1cccc(Cl)n1. The second kappa shape index (κ2) is 5.47. The molecule has 0 saturated carbocycles. The number of halogens is 2. The van der Waals surface area contributed by atoms with Crippen LogP contribution in [-0.2, 0) is 4.79 Å². The van der Waals surface area contributed by atoms with Crippen molar-refractivity contribution in [3.05, 3.63) is 23.4 Å². The lowest BCUT2D eigenvalue weighted by molar-refractivity contribution is -0.116. The van der Waals surface area contributed by atoms with Crippen LogP contribution in [0.25, 0.3) is 0 Å². The molecule has 1 aromatic heterocycles. The highest BCUT2D eigenvalue weighted by molar-refractivity contribution is 9.10. The van der Waals surface area contributed by atoms with Crippen molar-refractivity contribution < 1.29 is 4.79 Å². The zero-order valence-electron chi connectivity index (χ0n) is 8.50. The van der Waals surface area contributed by atoms with E-state index in [0.29, 0.717) is 11.0 Å². The number of amides is 1. The highest BCUT2D eigenvalue weighted by Gasteiger charge is 2.18. The van der Waals surface area contributed by atoms with Gasteiger partial charge in [-0.2, -0.15) is 0 Å². The largest absolute Gasteiger partial charge is 0.310 e. The lowest BCUT2D eigenvalue weighted by atomic mass is 10.1. The summed E-state index contributed by atoms with van der Waals surface area (Å²) in [5, 5.41) is 3.05. The highest BCUT2D eigenvalue weighted by atomic mass is 79.9. The summed E-state index contributed by atoms with van der Waals surface area (Å²) in [7, 11) is 0. The van der Waals surface area contributed by atoms with Gasteiger partial charge in [-0.1, -0.05) is 47.4 Å². The minimum atomic E-state index is -0.224. The number of nitrogens with zero attached hydrogens (tertiary/aromatic N) is 1. The number of anilines is 1. The van der Waals surface area contributed by atoms with E-state index in [1.807, 2.05) is 13.8 Å². The van der Waals surface area contributed by atoms with Crippen LogP contribution in [0.4, 0.5) is 5.82 Å². The third-order valence-electron chi connectivity index (χ3n) is 1.80. The maximum Gasteiger partial charge on any atom is 0.239 e. The van der Waals surface area contributed by atoms with Crippen molar-refractivity contribution in [1.29, 1.82) is 0 Å². The van der Waals surface area contributed by atoms with Gasteiger partial charge in [0.25, 0.3) is 0 Å². The van der Waals surface area contributed by atoms with Crippen LogP contribution in [0.15, 0.2) is 18.2 Å². The number of alkyl halides is 1. The number of carbonyl (C=O) groups excluding carboxylic acids is 1. The van der Waals surface area contributed by atoms with Gasteiger partial charge in [0.05, 0.1) is 4.83 Å². The normalized spacial score (nSPS) is 12.6. The second-order valence-corrected chi connectivity index (χ2v) is 4.85. The molecule has 0 aliphatic heterocycles. The molecule has 82 valence electrons. The predicted molar refractivity (Wildman–Crippen MR) is 65.4 cm³/mol. The fraction of sp³-hybridized carbons (Fsp3) is 0.400. The topological polar surface area (TPSA) is 42.0 Å². The molecule has 0 bridgehead atoms. The standard InChI is InChI=1S/C10H12BrClN2O/c1-6(2)9(11)10(15)14-8-5-3-4-7(12)13-8/h3-6,9H,1-2H3,(H,13,14,15). The average molecular weight is 292 g/mol. The summed E-state index contributed by atoms with van der Waals surface area (Å²) in [6.45, 7) is 3.93. The van der Waals surface area contributed by atoms with E-state index in [2.05, 4.69) is 26.2 Å². The number of nitrogens with one attached hydrogen (secondary N) is 1. The van der Waals surface area contributed by atoms with E-state index in [-0.39, 0.29) is 16.7 Å². The molecule has 0 fully saturated rings. The number of hydrogen-bond acceptors (Lipinski definition) is 2. The van der Waals surface area contributed by atoms with Crippen LogP contribution in [0.2, 0.25) is 5.15 Å². The highest BCUT2D eigenvalue weighted by Crippen LogP contribution is 2.15. The van der Waals surface area contributed by atoms with Crippen molar-refractivity contribution in [3.63, 3.8) is 0 Å². The van der Waals surface area contributed by atoms with Crippen molar-refractivity contribution in [2.75, 3.05) is 5.32 Å². The van der Waals surface area contributed by atoms with E-state index in [4.69, 9.17) is 11.6 Å². The van der Waals surface area contributed by atoms with Crippen LogP contribution in [0.5, 0.6) is 0 Å². The van der Waals surface area contributed by atoms with E-state index >= 15 is 0 Å². The minimum Gasteiger partial charge on any atom is -0.310 e. The van der Waals surface area contributed by atoms with Gasteiger partial charge in [0, 0.05) is 0 Å². The third-order valence-corrected chi connectivity index (χ3v) is 3.49. The summed E-state index contributed by atoms with van der Waals surface area (Å²) >= 11 is 9.01. The molecule has 15 heavy (non-hydrogen) atoms. The van der Waals surface area contributed by atoms with Gasteiger partial charge in [0.15, 0.2) is 0 Å². The Labute approximate surface area is 102 Å². The van der Waals surface area contributed by atoms with Crippen molar-refractivity contribution >= 4 is 39.3 Å². The molecule has 1 heterocycles. The van der Waals surface area contributed by atoms with Crippen LogP contribution in [-0.4, -0.2) is 15.7 Å². The van der Waals surface area contributed by atoms with E-state index in [0.717, 1.165) is 0 Å². The molecule has 3 nitrogen and oxygen atoms in total. The monoisotopic (exact) mass is 290 g/mol. The molecular weight excluding hydrogens is 279 g/mol. The molecule has 1 rings (SSSR count). The number of rotatable bonds is 3. The molecule has 5 heteroatoms. The summed E-state index contributed by atoms with van der Waals surface area (Å²) in [5.41, 5.74) is 0. The zero-order chi connectivity index (χ0) is 11.4. The molecule has 0 radical (unpaired) electrons. The first-order valence-corrected chi connectivity index (χ1v) is 5.87. The summed E-state index contributed by atoms with van der Waals surface area (Å²) < 4.78 is 0. The molecule has 1 unspecified atom stereocenters. The lowest BCUT2D eigenvalue weighted by Crippen LogP contribution is -2.27. The molecule has 0 aliphatic rings. The number of aromatic nitrogens is 1. The van der Waals surface area contributed by atoms with Gasteiger partial charge in [0.2, 0.25) is 5.91 Å². The molecule has 1 aromatic rings. The van der Waals surface area contributed by atoms with Gasteiger partial charge < -0.3 is 5.32 Å². The summed E-state index contributed by atoms with van der Waals surface area (Å²) in [6.07, 6.45) is 0. The van der Waals surface area contributed by atoms with E-state index in [1.165, 1.54) is 0 Å². The van der Waals surface area contributed by atoms with Gasteiger partial charge in [-0.15, -0.1) is 0 Å². The first kappa shape index (κ1) is 12.5. The molecule has 0 spiro atoms. The van der Waals surface area contributed by atoms with Crippen molar-refractivity contribution in [3.8, 4) is 0 Å². The summed E-state index contributed by atoms with van der Waals surface area (Å²) in [4.78, 5) is 15.4. The lowest BCUT2D eigenvalue weighted by Gasteiger charge is -2.13. The summed E-state index contributed by atoms with van der Waals surface area (Å²) in [5.74, 6) is 0.585. The quantitative estimate of drug-likeness (QED) is 0.687. The second-order valence-electron chi connectivity index (χ2n) is 3.48. The molecule has 1 amide bonds. The molecule has 0 aliphatic carbocycles. The van der Waals surface area contributed by atoms with Crippen molar-refractivity contribution in [1.82, 2.24) is 4.98 Å². The Morgan fingerprint density at radius 2 is 2.20 bits per heavy atom. The fourth-order valence-electron chi connectivity index (χ4n) is 0.976. The third kappa shape index (κ3) is 3.80. The number of hydrogen-bond donors (Lipinski definition) is 1. The smallest absolute Gasteiger partial charge is 0.239 e. The first-order valence-electron chi connectivity index (χ1n) is 4.58. The number of carbonyl (C=O) groups is 1. The number of pyridine rings is 1. The van der Waals surface area contributed by atoms with Crippen LogP contribution in [0.3, 0.4) is 0 Å². The maximum atomic E-state index is 11.6. The zero-order valence-corrected chi connectivity index (χ0v) is 10.8. The first-order chi connectivity index (χ1) is 7.00.